The Morgan fingerprint density at radius 2 is 2.24 bits per heavy atom. The molecule has 1 fully saturated rings. The Morgan fingerprint density at radius 1 is 1.44 bits per heavy atom. The number of rotatable bonds is 5. The maximum Gasteiger partial charge on any atom is 0.286 e. The molecule has 1 aromatic heterocycles. The largest absolute Gasteiger partial charge is 0.320 e. The minimum Gasteiger partial charge on any atom is -0.320 e. The van der Waals surface area contributed by atoms with Crippen molar-refractivity contribution in [2.75, 3.05) is 17.6 Å². The number of carbonyl (C=O) groups excluding carboxylic acids is 1. The maximum atomic E-state index is 13.2. The van der Waals surface area contributed by atoms with Crippen molar-refractivity contribution in [1.29, 1.82) is 0 Å². The molecular weight excluding hydrogens is 367 g/mol. The fourth-order valence-corrected chi connectivity index (χ4v) is 4.98. The number of halogens is 1. The van der Waals surface area contributed by atoms with Crippen molar-refractivity contribution >= 4 is 33.0 Å². The van der Waals surface area contributed by atoms with Crippen LogP contribution in [0.3, 0.4) is 0 Å². The lowest BCUT2D eigenvalue weighted by molar-refractivity contribution is 0.102. The molecule has 10 heteroatoms. The molecule has 0 bridgehead atoms. The van der Waals surface area contributed by atoms with Gasteiger partial charge in [0.15, 0.2) is 0 Å². The van der Waals surface area contributed by atoms with E-state index in [2.05, 4.69) is 15.5 Å². The van der Waals surface area contributed by atoms with Crippen LogP contribution in [0.25, 0.3) is 0 Å². The van der Waals surface area contributed by atoms with Crippen LogP contribution in [0, 0.1) is 5.82 Å². The van der Waals surface area contributed by atoms with Gasteiger partial charge in [0.25, 0.3) is 5.91 Å². The molecule has 0 saturated carbocycles. The second-order valence-corrected chi connectivity index (χ2v) is 8.80. The normalized spacial score (nSPS) is 18.4. The van der Waals surface area contributed by atoms with Crippen LogP contribution in [0.1, 0.15) is 40.6 Å². The fraction of sp³-hybridized carbons (Fsp3) is 0.400. The van der Waals surface area contributed by atoms with E-state index >= 15 is 0 Å². The van der Waals surface area contributed by atoms with Gasteiger partial charge in [-0.05, 0) is 38.0 Å². The number of aromatic nitrogens is 2. The second-order valence-electron chi connectivity index (χ2n) is 5.58. The molecule has 1 aliphatic heterocycles. The Balaban J connectivity index is 1.77. The standard InChI is InChI=1S/C15H17FN4O3S2/c1-2-25(22,23)20-8-4-7-12(20)14-18-19-15(24-14)13(21)17-11-6-3-5-10(16)9-11/h3,5-6,9,12H,2,4,7-8H2,1H3,(H,17,21)/t12-/m0/s1. The summed E-state index contributed by atoms with van der Waals surface area (Å²) in [5, 5.41) is 11.0. The van der Waals surface area contributed by atoms with E-state index in [9.17, 15) is 17.6 Å². The summed E-state index contributed by atoms with van der Waals surface area (Å²) < 4.78 is 38.9. The van der Waals surface area contributed by atoms with Gasteiger partial charge >= 0.3 is 0 Å². The number of benzene rings is 1. The Bertz CT molecular complexity index is 884. The average molecular weight is 384 g/mol. The van der Waals surface area contributed by atoms with Crippen molar-refractivity contribution in [3.05, 3.63) is 40.1 Å². The number of anilines is 1. The highest BCUT2D eigenvalue weighted by Crippen LogP contribution is 2.35. The van der Waals surface area contributed by atoms with Crippen molar-refractivity contribution in [3.8, 4) is 0 Å². The summed E-state index contributed by atoms with van der Waals surface area (Å²) in [5.74, 6) is -0.936. The third-order valence-electron chi connectivity index (χ3n) is 3.93. The lowest BCUT2D eigenvalue weighted by atomic mass is 10.2. The average Bonchev–Trinajstić information content (AvgIpc) is 3.24. The molecule has 0 unspecified atom stereocenters. The van der Waals surface area contributed by atoms with E-state index in [0.717, 1.165) is 17.8 Å². The topological polar surface area (TPSA) is 92.3 Å². The first kappa shape index (κ1) is 17.9. The molecule has 2 aromatic rings. The predicted octanol–water partition coefficient (Wildman–Crippen LogP) is 2.42. The van der Waals surface area contributed by atoms with Gasteiger partial charge in [0, 0.05) is 12.2 Å². The van der Waals surface area contributed by atoms with Gasteiger partial charge in [-0.3, -0.25) is 4.79 Å². The minimum absolute atomic E-state index is 0.0230. The third kappa shape index (κ3) is 3.86. The van der Waals surface area contributed by atoms with Gasteiger partial charge in [0.1, 0.15) is 10.8 Å². The molecule has 1 aromatic carbocycles. The van der Waals surface area contributed by atoms with Crippen LogP contribution < -0.4 is 5.32 Å². The summed E-state index contributed by atoms with van der Waals surface area (Å²) in [7, 11) is -3.33. The molecule has 0 aliphatic carbocycles. The van der Waals surface area contributed by atoms with E-state index in [1.165, 1.54) is 22.5 Å². The van der Waals surface area contributed by atoms with Crippen LogP contribution in [0.5, 0.6) is 0 Å². The molecule has 1 N–H and O–H groups in total. The predicted molar refractivity (Wildman–Crippen MR) is 92.4 cm³/mol. The van der Waals surface area contributed by atoms with Gasteiger partial charge < -0.3 is 5.32 Å². The van der Waals surface area contributed by atoms with E-state index in [1.54, 1.807) is 13.0 Å². The molecule has 1 aliphatic rings. The van der Waals surface area contributed by atoms with Gasteiger partial charge in [0.05, 0.1) is 11.8 Å². The lowest BCUT2D eigenvalue weighted by Crippen LogP contribution is -2.31. The Kier molecular flexibility index (Phi) is 5.11. The molecule has 3 rings (SSSR count). The van der Waals surface area contributed by atoms with Crippen LogP contribution in [0.2, 0.25) is 0 Å². The number of nitrogens with one attached hydrogen (secondary N) is 1. The van der Waals surface area contributed by atoms with Gasteiger partial charge in [-0.2, -0.15) is 4.31 Å². The molecule has 0 radical (unpaired) electrons. The zero-order chi connectivity index (χ0) is 18.0. The molecule has 1 atom stereocenters. The fourth-order valence-electron chi connectivity index (χ4n) is 2.70. The number of hydrogen-bond acceptors (Lipinski definition) is 6. The summed E-state index contributed by atoms with van der Waals surface area (Å²) in [6, 6.07) is 5.16. The first-order valence-electron chi connectivity index (χ1n) is 7.80. The van der Waals surface area contributed by atoms with E-state index in [-0.39, 0.29) is 16.8 Å². The highest BCUT2D eigenvalue weighted by Gasteiger charge is 2.36. The monoisotopic (exact) mass is 384 g/mol. The molecule has 0 spiro atoms. The Morgan fingerprint density at radius 3 is 2.96 bits per heavy atom. The zero-order valence-electron chi connectivity index (χ0n) is 13.5. The van der Waals surface area contributed by atoms with E-state index in [0.29, 0.717) is 23.7 Å². The van der Waals surface area contributed by atoms with Gasteiger partial charge in [-0.1, -0.05) is 17.4 Å². The van der Waals surface area contributed by atoms with Crippen LogP contribution in [0.15, 0.2) is 24.3 Å². The van der Waals surface area contributed by atoms with Gasteiger partial charge in [0.2, 0.25) is 15.0 Å². The highest BCUT2D eigenvalue weighted by atomic mass is 32.2. The van der Waals surface area contributed by atoms with Crippen LogP contribution in [-0.4, -0.2) is 41.1 Å². The molecule has 134 valence electrons. The first-order chi connectivity index (χ1) is 11.9. The third-order valence-corrected chi connectivity index (χ3v) is 6.83. The van der Waals surface area contributed by atoms with Gasteiger partial charge in [-0.15, -0.1) is 10.2 Å². The molecule has 1 amide bonds. The summed E-state index contributed by atoms with van der Waals surface area (Å²) in [5.41, 5.74) is 0.317. The minimum atomic E-state index is -3.33. The number of hydrogen-bond donors (Lipinski definition) is 1. The molecule has 2 heterocycles. The van der Waals surface area contributed by atoms with Crippen molar-refractivity contribution in [1.82, 2.24) is 14.5 Å². The summed E-state index contributed by atoms with van der Waals surface area (Å²) >= 11 is 1.06. The summed E-state index contributed by atoms with van der Waals surface area (Å²) in [6.07, 6.45) is 1.40. The quantitative estimate of drug-likeness (QED) is 0.855. The van der Waals surface area contributed by atoms with Crippen LogP contribution >= 0.6 is 11.3 Å². The van der Waals surface area contributed by atoms with Crippen molar-refractivity contribution in [3.63, 3.8) is 0 Å². The Labute approximate surface area is 148 Å². The molecule has 25 heavy (non-hydrogen) atoms. The van der Waals surface area contributed by atoms with Crippen LogP contribution in [-0.2, 0) is 10.0 Å². The smallest absolute Gasteiger partial charge is 0.286 e. The maximum absolute atomic E-state index is 13.2. The van der Waals surface area contributed by atoms with E-state index in [4.69, 9.17) is 0 Å². The number of carbonyl (C=O) groups is 1. The van der Waals surface area contributed by atoms with Crippen molar-refractivity contribution in [2.24, 2.45) is 0 Å². The van der Waals surface area contributed by atoms with Gasteiger partial charge in [-0.25, -0.2) is 12.8 Å². The zero-order valence-corrected chi connectivity index (χ0v) is 15.1. The number of nitrogens with zero attached hydrogens (tertiary/aromatic N) is 3. The highest BCUT2D eigenvalue weighted by molar-refractivity contribution is 7.89. The summed E-state index contributed by atoms with van der Waals surface area (Å²) in [4.78, 5) is 12.2. The van der Waals surface area contributed by atoms with Crippen molar-refractivity contribution in [2.45, 2.75) is 25.8 Å². The summed E-state index contributed by atoms with van der Waals surface area (Å²) in [6.45, 7) is 2.05. The number of sulfonamides is 1. The van der Waals surface area contributed by atoms with Crippen LogP contribution in [0.4, 0.5) is 10.1 Å². The van der Waals surface area contributed by atoms with Crippen molar-refractivity contribution < 1.29 is 17.6 Å². The molecular formula is C15H17FN4O3S2. The molecule has 1 saturated heterocycles. The molecule has 7 nitrogen and oxygen atoms in total. The lowest BCUT2D eigenvalue weighted by Gasteiger charge is -2.21. The van der Waals surface area contributed by atoms with E-state index in [1.807, 2.05) is 0 Å². The first-order valence-corrected chi connectivity index (χ1v) is 10.2. The number of amides is 1. The second kappa shape index (κ2) is 7.14. The van der Waals surface area contributed by atoms with E-state index < -0.39 is 21.7 Å². The Hall–Kier alpha value is -1.91. The SMILES string of the molecule is CCS(=O)(=O)N1CCC[C@H]1c1nnc(C(=O)Nc2cccc(F)c2)s1.